The fourth-order valence-corrected chi connectivity index (χ4v) is 10.3. The summed E-state index contributed by atoms with van der Waals surface area (Å²) in [5, 5.41) is 8.84. The van der Waals surface area contributed by atoms with Crippen molar-refractivity contribution in [2.75, 3.05) is 34.5 Å². The number of esters is 2. The number of carbonyl (C=O) groups excluding carboxylic acids is 6. The molecule has 6 aromatic carbocycles. The molecule has 404 valence electrons. The smallest absolute Gasteiger partial charge is 0.340 e. The number of nitrogens with one attached hydrogen (secondary N) is 8. The molecule has 0 fully saturated rings. The Balaban J connectivity index is 1.18. The lowest BCUT2D eigenvalue weighted by Gasteiger charge is -2.17. The largest absolute Gasteiger partial charge is 0.462 e. The number of urea groups is 4. The maximum atomic E-state index is 13.6. The van der Waals surface area contributed by atoms with Crippen LogP contribution in [0.2, 0.25) is 0 Å². The number of para-hydroxylation sites is 2. The molecule has 0 aliphatic heterocycles. The first-order valence-electron chi connectivity index (χ1n) is 22.5. The predicted molar refractivity (Wildman–Crippen MR) is 280 cm³/mol. The molecule has 0 bridgehead atoms. The summed E-state index contributed by atoms with van der Waals surface area (Å²) in [6, 6.07) is 23.3. The molecule has 0 radical (unpaired) electrons. The van der Waals surface area contributed by atoms with E-state index in [1.54, 1.807) is 37.1 Å². The molecule has 0 aliphatic carbocycles. The highest BCUT2D eigenvalue weighted by Gasteiger charge is 2.27. The molecule has 0 spiro atoms. The number of amides is 8. The maximum absolute atomic E-state index is 13.6. The summed E-state index contributed by atoms with van der Waals surface area (Å²) in [5.74, 6) is -2.38. The van der Waals surface area contributed by atoms with E-state index in [0.29, 0.717) is 11.1 Å². The first-order valence-corrected chi connectivity index (χ1v) is 28.4. The van der Waals surface area contributed by atoms with Crippen LogP contribution in [-0.2, 0) is 49.6 Å². The number of rotatable bonds is 18. The molecule has 6 aromatic rings. The Labute approximate surface area is 442 Å². The zero-order valence-corrected chi connectivity index (χ0v) is 44.3. The first kappa shape index (κ1) is 57.4. The maximum Gasteiger partial charge on any atom is 0.340 e. The lowest BCUT2D eigenvalue weighted by molar-refractivity contribution is 0.0397. The topological polar surface area (TPSA) is 354 Å². The average Bonchev–Trinajstić information content (AvgIpc) is 3.34. The summed E-state index contributed by atoms with van der Waals surface area (Å²) in [5.41, 5.74) is 0.0302. The first-order chi connectivity index (χ1) is 36.2. The monoisotopic (exact) mass is 1130 g/mol. The van der Waals surface area contributed by atoms with Crippen molar-refractivity contribution in [2.45, 2.75) is 53.7 Å². The van der Waals surface area contributed by atoms with Crippen LogP contribution < -0.4 is 40.2 Å². The number of hydrogen-bond acceptors (Lipinski definition) is 16. The third-order valence-electron chi connectivity index (χ3n) is 10.5. The molecule has 0 aliphatic rings. The van der Waals surface area contributed by atoms with Gasteiger partial charge in [-0.25, -0.2) is 81.3 Å². The van der Waals surface area contributed by atoms with Crippen LogP contribution in [0.5, 0.6) is 0 Å². The number of benzene rings is 6. The van der Waals surface area contributed by atoms with Gasteiger partial charge in [0.05, 0.1) is 66.7 Å². The number of anilines is 4. The normalized spacial score (nSPS) is 11.5. The standard InChI is InChI=1S/C49H48N8O16S4/c1-30-12-20-34(21-13-30)74(64,65)54-46(60)50-40-10-5-8-38(42(40)52-48(62)56-76(68,69)36-24-16-32(3)17-25-36)44(58)72-28-7-29-73-45(59)39-9-6-11-41(51-47(61)55-75(66,67)35-22-14-31(2)15-23-35)43(39)53-49(63)57-77(70,71)37-26-18-33(4)19-27-37/h5-6,8-27H,7,28-29H2,1-4H3,(H2,50,54,60)(H2,51,55,61)(H2,52,56,62)(H2,53,57,63). The third kappa shape index (κ3) is 15.6. The van der Waals surface area contributed by atoms with Crippen LogP contribution in [0, 0.1) is 27.7 Å². The van der Waals surface area contributed by atoms with E-state index < -0.39 is 123 Å². The van der Waals surface area contributed by atoms with Crippen molar-refractivity contribution in [3.05, 3.63) is 167 Å². The molecular formula is C49H48N8O16S4. The van der Waals surface area contributed by atoms with E-state index >= 15 is 0 Å². The van der Waals surface area contributed by atoms with Crippen molar-refractivity contribution >= 4 is 98.9 Å². The van der Waals surface area contributed by atoms with Crippen LogP contribution in [0.4, 0.5) is 41.9 Å². The molecule has 0 unspecified atom stereocenters. The number of sulfonamides is 4. The lowest BCUT2D eigenvalue weighted by atomic mass is 10.1. The molecule has 77 heavy (non-hydrogen) atoms. The number of aryl methyl sites for hydroxylation is 4. The van der Waals surface area contributed by atoms with Gasteiger partial charge in [-0.15, -0.1) is 0 Å². The third-order valence-corrected chi connectivity index (χ3v) is 15.9. The molecule has 24 nitrogen and oxygen atoms in total. The molecular weight excluding hydrogens is 1080 g/mol. The van der Waals surface area contributed by atoms with Crippen molar-refractivity contribution in [1.29, 1.82) is 0 Å². The SMILES string of the molecule is Cc1ccc(S(=O)(=O)NC(=O)Nc2cccc(C(=O)OCCCOC(=O)c3cccc(NC(=O)NS(=O)(=O)c4ccc(C)cc4)c3NC(=O)NS(=O)(=O)c3ccc(C)cc3)c2NC(=O)NS(=O)(=O)c2ccc(C)cc2)cc1. The molecule has 0 saturated carbocycles. The van der Waals surface area contributed by atoms with E-state index in [1.807, 2.05) is 9.44 Å². The van der Waals surface area contributed by atoms with Crippen molar-refractivity contribution < 1.29 is 71.9 Å². The minimum Gasteiger partial charge on any atom is -0.462 e. The highest BCUT2D eigenvalue weighted by atomic mass is 32.2. The number of ether oxygens (including phenoxy) is 2. The van der Waals surface area contributed by atoms with Crippen molar-refractivity contribution in [2.24, 2.45) is 0 Å². The van der Waals surface area contributed by atoms with Gasteiger partial charge in [-0.1, -0.05) is 82.9 Å². The van der Waals surface area contributed by atoms with Crippen molar-refractivity contribution in [3.63, 3.8) is 0 Å². The fourth-order valence-electron chi connectivity index (χ4n) is 6.63. The van der Waals surface area contributed by atoms with Crippen molar-refractivity contribution in [3.8, 4) is 0 Å². The second kappa shape index (κ2) is 24.2. The minimum absolute atomic E-state index is 0.248. The van der Waals surface area contributed by atoms with Gasteiger partial charge in [-0.05, 0) is 100 Å². The summed E-state index contributed by atoms with van der Waals surface area (Å²) >= 11 is 0. The van der Waals surface area contributed by atoms with Crippen LogP contribution in [-0.4, -0.2) is 82.9 Å². The minimum atomic E-state index is -4.51. The van der Waals surface area contributed by atoms with Crippen LogP contribution >= 0.6 is 0 Å². The summed E-state index contributed by atoms with van der Waals surface area (Å²) in [6.45, 7) is 5.80. The van der Waals surface area contributed by atoms with Gasteiger partial charge in [0.25, 0.3) is 40.1 Å². The molecule has 6 rings (SSSR count). The van der Waals surface area contributed by atoms with Crippen LogP contribution in [0.1, 0.15) is 49.4 Å². The molecule has 28 heteroatoms. The Kier molecular flexibility index (Phi) is 18.1. The quantitative estimate of drug-likeness (QED) is 0.0342. The second-order valence-corrected chi connectivity index (χ2v) is 23.3. The van der Waals surface area contributed by atoms with E-state index in [1.165, 1.54) is 109 Å². The summed E-state index contributed by atoms with van der Waals surface area (Å²) < 4.78 is 122. The van der Waals surface area contributed by atoms with Gasteiger partial charge in [0.15, 0.2) is 0 Å². The van der Waals surface area contributed by atoms with Crippen molar-refractivity contribution in [1.82, 2.24) is 18.9 Å². The lowest BCUT2D eigenvalue weighted by Crippen LogP contribution is -2.36. The van der Waals surface area contributed by atoms with E-state index in [0.717, 1.165) is 35.4 Å². The molecule has 0 saturated heterocycles. The number of carbonyl (C=O) groups is 6. The van der Waals surface area contributed by atoms with Gasteiger partial charge in [-0.2, -0.15) is 0 Å². The molecule has 8 amide bonds. The number of hydrogen-bond donors (Lipinski definition) is 8. The van der Waals surface area contributed by atoms with Crippen LogP contribution in [0.3, 0.4) is 0 Å². The van der Waals surface area contributed by atoms with Crippen LogP contribution in [0.15, 0.2) is 153 Å². The molecule has 8 N–H and O–H groups in total. The van der Waals surface area contributed by atoms with E-state index in [9.17, 15) is 62.4 Å². The van der Waals surface area contributed by atoms with E-state index in [2.05, 4.69) is 21.3 Å². The summed E-state index contributed by atoms with van der Waals surface area (Å²) in [7, 11) is -17.9. The molecule has 0 atom stereocenters. The van der Waals surface area contributed by atoms with E-state index in [-0.39, 0.29) is 26.0 Å². The van der Waals surface area contributed by atoms with Gasteiger partial charge < -0.3 is 30.7 Å². The summed E-state index contributed by atoms with van der Waals surface area (Å²) in [4.78, 5) is 78.9. The van der Waals surface area contributed by atoms with Gasteiger partial charge >= 0.3 is 36.1 Å². The Morgan fingerprint density at radius 1 is 0.351 bits per heavy atom. The highest BCUT2D eigenvalue weighted by Crippen LogP contribution is 2.30. The Morgan fingerprint density at radius 2 is 0.597 bits per heavy atom. The van der Waals surface area contributed by atoms with Gasteiger partial charge in [0, 0.05) is 6.42 Å². The molecule has 0 heterocycles. The second-order valence-electron chi connectivity index (χ2n) is 16.6. The molecule has 0 aromatic heterocycles. The Bertz CT molecular complexity index is 3470. The highest BCUT2D eigenvalue weighted by molar-refractivity contribution is 7.91. The zero-order chi connectivity index (χ0) is 56.3. The van der Waals surface area contributed by atoms with Gasteiger partial charge in [0.1, 0.15) is 0 Å². The predicted octanol–water partition coefficient (Wildman–Crippen LogP) is 6.37. The Morgan fingerprint density at radius 3 is 0.857 bits per heavy atom. The van der Waals surface area contributed by atoms with E-state index in [4.69, 9.17) is 9.47 Å². The summed E-state index contributed by atoms with van der Waals surface area (Å²) in [6.07, 6.45) is -0.248. The van der Waals surface area contributed by atoms with Gasteiger partial charge in [0.2, 0.25) is 0 Å². The van der Waals surface area contributed by atoms with Crippen LogP contribution in [0.25, 0.3) is 0 Å². The zero-order valence-electron chi connectivity index (χ0n) is 41.0. The average molecular weight is 1130 g/mol. The fraction of sp³-hybridized carbons (Fsp3) is 0.143. The Hall–Kier alpha value is -8.86. The van der Waals surface area contributed by atoms with Gasteiger partial charge in [-0.3, -0.25) is 0 Å².